The van der Waals surface area contributed by atoms with E-state index in [1.165, 1.54) is 18.7 Å². The first-order valence-corrected chi connectivity index (χ1v) is 4.96. The lowest BCUT2D eigenvalue weighted by Crippen LogP contribution is -2.14. The lowest BCUT2D eigenvalue weighted by Gasteiger charge is -2.10. The van der Waals surface area contributed by atoms with Gasteiger partial charge in [-0.3, -0.25) is 0 Å². The van der Waals surface area contributed by atoms with Crippen LogP contribution in [0.3, 0.4) is 0 Å². The van der Waals surface area contributed by atoms with Gasteiger partial charge in [0, 0.05) is 12.2 Å². The molecule has 1 aromatic rings. The van der Waals surface area contributed by atoms with Gasteiger partial charge < -0.3 is 9.88 Å². The number of aryl methyl sites for hydroxylation is 1. The molecule has 1 N–H and O–H groups in total. The van der Waals surface area contributed by atoms with Crippen molar-refractivity contribution < 1.29 is 0 Å². The second-order valence-corrected chi connectivity index (χ2v) is 3.93. The van der Waals surface area contributed by atoms with Crippen LogP contribution in [0.1, 0.15) is 17.8 Å². The van der Waals surface area contributed by atoms with E-state index >= 15 is 0 Å². The molecule has 0 saturated carbocycles. The largest absolute Gasteiger partial charge is 0.334 e. The van der Waals surface area contributed by atoms with Crippen LogP contribution in [0.15, 0.2) is 6.33 Å². The Kier molecular flexibility index (Phi) is 2.36. The zero-order valence-electron chi connectivity index (χ0n) is 8.38. The highest BCUT2D eigenvalue weighted by Gasteiger charge is 2.15. The first kappa shape index (κ1) is 8.75. The molecule has 0 aromatic carbocycles. The minimum atomic E-state index is 0.798. The number of hydrogen-bond donors (Lipinski definition) is 1. The first-order valence-electron chi connectivity index (χ1n) is 4.96. The molecule has 1 fully saturated rings. The van der Waals surface area contributed by atoms with Crippen LogP contribution in [0.5, 0.6) is 0 Å². The van der Waals surface area contributed by atoms with E-state index in [0.717, 1.165) is 24.7 Å². The monoisotopic (exact) mass is 179 g/mol. The quantitative estimate of drug-likeness (QED) is 0.737. The molecule has 0 aliphatic carbocycles. The van der Waals surface area contributed by atoms with Gasteiger partial charge in [-0.25, -0.2) is 4.98 Å². The molecule has 0 bridgehead atoms. The predicted octanol–water partition coefficient (Wildman–Crippen LogP) is 1.11. The first-order chi connectivity index (χ1) is 6.27. The maximum atomic E-state index is 4.30. The number of nitrogens with zero attached hydrogens (tertiary/aromatic N) is 2. The van der Waals surface area contributed by atoms with Crippen LogP contribution < -0.4 is 5.32 Å². The molecule has 1 aromatic heterocycles. The van der Waals surface area contributed by atoms with Gasteiger partial charge in [-0.15, -0.1) is 0 Å². The fourth-order valence-electron chi connectivity index (χ4n) is 1.88. The molecule has 2 rings (SSSR count). The van der Waals surface area contributed by atoms with Crippen molar-refractivity contribution in [2.24, 2.45) is 5.92 Å². The Morgan fingerprint density at radius 3 is 3.00 bits per heavy atom. The highest BCUT2D eigenvalue weighted by molar-refractivity contribution is 5.08. The molecule has 0 spiro atoms. The third-order valence-corrected chi connectivity index (χ3v) is 2.96. The SMILES string of the molecule is Cc1ncn(CC2CCNC2)c1C. The van der Waals surface area contributed by atoms with Gasteiger partial charge in [-0.1, -0.05) is 0 Å². The average molecular weight is 179 g/mol. The molecule has 3 heteroatoms. The molecule has 0 radical (unpaired) electrons. The van der Waals surface area contributed by atoms with Gasteiger partial charge in [0.2, 0.25) is 0 Å². The molecule has 13 heavy (non-hydrogen) atoms. The predicted molar refractivity (Wildman–Crippen MR) is 52.7 cm³/mol. The number of aromatic nitrogens is 2. The van der Waals surface area contributed by atoms with E-state index < -0.39 is 0 Å². The summed E-state index contributed by atoms with van der Waals surface area (Å²) in [5.41, 5.74) is 2.47. The van der Waals surface area contributed by atoms with Crippen LogP contribution >= 0.6 is 0 Å². The van der Waals surface area contributed by atoms with E-state index in [9.17, 15) is 0 Å². The summed E-state index contributed by atoms with van der Waals surface area (Å²) in [6, 6.07) is 0. The summed E-state index contributed by atoms with van der Waals surface area (Å²) >= 11 is 0. The van der Waals surface area contributed by atoms with Crippen LogP contribution in [0.4, 0.5) is 0 Å². The van der Waals surface area contributed by atoms with E-state index in [4.69, 9.17) is 0 Å². The van der Waals surface area contributed by atoms with Crippen LogP contribution in [-0.4, -0.2) is 22.6 Å². The van der Waals surface area contributed by atoms with Crippen LogP contribution in [0, 0.1) is 19.8 Å². The minimum absolute atomic E-state index is 0.798. The molecular weight excluding hydrogens is 162 g/mol. The highest BCUT2D eigenvalue weighted by Crippen LogP contribution is 2.13. The van der Waals surface area contributed by atoms with Crippen molar-refractivity contribution in [2.45, 2.75) is 26.8 Å². The number of nitrogens with one attached hydrogen (secondary N) is 1. The van der Waals surface area contributed by atoms with E-state index in [-0.39, 0.29) is 0 Å². The van der Waals surface area contributed by atoms with Crippen molar-refractivity contribution in [2.75, 3.05) is 13.1 Å². The van der Waals surface area contributed by atoms with Crippen molar-refractivity contribution in [3.63, 3.8) is 0 Å². The smallest absolute Gasteiger partial charge is 0.0951 e. The van der Waals surface area contributed by atoms with Crippen molar-refractivity contribution >= 4 is 0 Å². The summed E-state index contributed by atoms with van der Waals surface area (Å²) in [6.07, 6.45) is 3.26. The van der Waals surface area contributed by atoms with Crippen molar-refractivity contribution in [1.82, 2.24) is 14.9 Å². The summed E-state index contributed by atoms with van der Waals surface area (Å²) < 4.78 is 2.27. The summed E-state index contributed by atoms with van der Waals surface area (Å²) in [6.45, 7) is 7.68. The van der Waals surface area contributed by atoms with Gasteiger partial charge in [0.15, 0.2) is 0 Å². The summed E-state index contributed by atoms with van der Waals surface area (Å²) in [5.74, 6) is 0.798. The molecule has 3 nitrogen and oxygen atoms in total. The molecule has 72 valence electrons. The van der Waals surface area contributed by atoms with E-state index in [1.54, 1.807) is 0 Å². The van der Waals surface area contributed by atoms with Gasteiger partial charge in [0.25, 0.3) is 0 Å². The minimum Gasteiger partial charge on any atom is -0.334 e. The zero-order chi connectivity index (χ0) is 9.26. The fraction of sp³-hybridized carbons (Fsp3) is 0.700. The van der Waals surface area contributed by atoms with Gasteiger partial charge >= 0.3 is 0 Å². The van der Waals surface area contributed by atoms with Gasteiger partial charge in [0.1, 0.15) is 0 Å². The van der Waals surface area contributed by atoms with Crippen LogP contribution in [-0.2, 0) is 6.54 Å². The fourth-order valence-corrected chi connectivity index (χ4v) is 1.88. The Bertz CT molecular complexity index is 284. The summed E-state index contributed by atoms with van der Waals surface area (Å²) in [7, 11) is 0. The van der Waals surface area contributed by atoms with Gasteiger partial charge in [0.05, 0.1) is 12.0 Å². The maximum absolute atomic E-state index is 4.30. The molecule has 1 saturated heterocycles. The number of imidazole rings is 1. The van der Waals surface area contributed by atoms with E-state index in [2.05, 4.69) is 28.7 Å². The summed E-state index contributed by atoms with van der Waals surface area (Å²) in [4.78, 5) is 4.30. The molecule has 1 aliphatic heterocycles. The third-order valence-electron chi connectivity index (χ3n) is 2.96. The second kappa shape index (κ2) is 3.50. The second-order valence-electron chi connectivity index (χ2n) is 3.93. The third kappa shape index (κ3) is 1.75. The Morgan fingerprint density at radius 2 is 2.46 bits per heavy atom. The number of hydrogen-bond acceptors (Lipinski definition) is 2. The van der Waals surface area contributed by atoms with E-state index in [1.807, 2.05) is 6.33 Å². The molecule has 1 unspecified atom stereocenters. The van der Waals surface area contributed by atoms with Gasteiger partial charge in [-0.05, 0) is 39.3 Å². The van der Waals surface area contributed by atoms with E-state index in [0.29, 0.717) is 0 Å². The van der Waals surface area contributed by atoms with Crippen LogP contribution in [0.25, 0.3) is 0 Å². The standard InChI is InChI=1S/C10H17N3/c1-8-9(2)13(7-12-8)6-10-3-4-11-5-10/h7,10-11H,3-6H2,1-2H3. The topological polar surface area (TPSA) is 29.9 Å². The Morgan fingerprint density at radius 1 is 1.62 bits per heavy atom. The van der Waals surface area contributed by atoms with Crippen molar-refractivity contribution in [3.05, 3.63) is 17.7 Å². The Hall–Kier alpha value is -0.830. The molecule has 1 aliphatic rings. The lowest BCUT2D eigenvalue weighted by atomic mass is 10.1. The maximum Gasteiger partial charge on any atom is 0.0951 e. The van der Waals surface area contributed by atoms with Crippen molar-refractivity contribution in [3.8, 4) is 0 Å². The molecule has 0 amide bonds. The van der Waals surface area contributed by atoms with Gasteiger partial charge in [-0.2, -0.15) is 0 Å². The molecular formula is C10H17N3. The van der Waals surface area contributed by atoms with Crippen LogP contribution in [0.2, 0.25) is 0 Å². The average Bonchev–Trinajstić information content (AvgIpc) is 2.71. The molecule has 1 atom stereocenters. The van der Waals surface area contributed by atoms with Crippen molar-refractivity contribution in [1.29, 1.82) is 0 Å². The zero-order valence-corrected chi connectivity index (χ0v) is 8.38. The molecule has 2 heterocycles. The summed E-state index contributed by atoms with van der Waals surface area (Å²) in [5, 5.41) is 3.39. The normalized spacial score (nSPS) is 22.5. The Labute approximate surface area is 79.2 Å². The number of rotatable bonds is 2. The lowest BCUT2D eigenvalue weighted by molar-refractivity contribution is 0.475. The Balaban J connectivity index is 2.04. The highest BCUT2D eigenvalue weighted by atomic mass is 15.1.